The predicted molar refractivity (Wildman–Crippen MR) is 82.3 cm³/mol. The molecule has 0 amide bonds. The Morgan fingerprint density at radius 2 is 2.29 bits per heavy atom. The van der Waals surface area contributed by atoms with Crippen molar-refractivity contribution in [1.82, 2.24) is 20.0 Å². The lowest BCUT2D eigenvalue weighted by molar-refractivity contribution is 0.160. The van der Waals surface area contributed by atoms with Gasteiger partial charge < -0.3 is 14.7 Å². The number of rotatable bonds is 5. The summed E-state index contributed by atoms with van der Waals surface area (Å²) in [6.07, 6.45) is 6.67. The van der Waals surface area contributed by atoms with Gasteiger partial charge in [-0.2, -0.15) is 4.98 Å². The van der Waals surface area contributed by atoms with E-state index in [2.05, 4.69) is 32.3 Å². The molecule has 0 radical (unpaired) electrons. The molecule has 0 aliphatic carbocycles. The summed E-state index contributed by atoms with van der Waals surface area (Å²) >= 11 is 0. The van der Waals surface area contributed by atoms with Crippen molar-refractivity contribution in [3.8, 4) is 0 Å². The van der Waals surface area contributed by atoms with Crippen LogP contribution in [0, 0.1) is 6.92 Å². The standard InChI is InChI=1S/C15H23N5O/c1-11-6-3-4-8-20(11)9-5-7-16-14-13-12(2)19-21-15(13)18-10-17-14/h10-11H,3-9H2,1-2H3,(H,16,17,18). The fourth-order valence-electron chi connectivity index (χ4n) is 3.03. The van der Waals surface area contributed by atoms with E-state index >= 15 is 0 Å². The third-order valence-electron chi connectivity index (χ3n) is 4.30. The van der Waals surface area contributed by atoms with Crippen molar-refractivity contribution in [2.45, 2.75) is 45.6 Å². The Morgan fingerprint density at radius 1 is 1.38 bits per heavy atom. The van der Waals surface area contributed by atoms with Gasteiger partial charge in [-0.15, -0.1) is 0 Å². The minimum Gasteiger partial charge on any atom is -0.369 e. The highest BCUT2D eigenvalue weighted by atomic mass is 16.5. The average Bonchev–Trinajstić information content (AvgIpc) is 2.88. The first-order valence-electron chi connectivity index (χ1n) is 7.80. The Hall–Kier alpha value is -1.69. The molecule has 1 aliphatic heterocycles. The molecular formula is C15H23N5O. The van der Waals surface area contributed by atoms with Crippen molar-refractivity contribution in [1.29, 1.82) is 0 Å². The Bertz CT molecular complexity index is 597. The second-order valence-electron chi connectivity index (χ2n) is 5.83. The average molecular weight is 289 g/mol. The van der Waals surface area contributed by atoms with Gasteiger partial charge in [-0.3, -0.25) is 0 Å². The van der Waals surface area contributed by atoms with Crippen LogP contribution in [0.1, 0.15) is 38.3 Å². The van der Waals surface area contributed by atoms with Crippen LogP contribution < -0.4 is 5.32 Å². The van der Waals surface area contributed by atoms with E-state index in [1.165, 1.54) is 32.1 Å². The Morgan fingerprint density at radius 3 is 3.14 bits per heavy atom. The van der Waals surface area contributed by atoms with Gasteiger partial charge in [0, 0.05) is 19.1 Å². The van der Waals surface area contributed by atoms with Gasteiger partial charge >= 0.3 is 0 Å². The lowest BCUT2D eigenvalue weighted by Crippen LogP contribution is -2.38. The molecule has 21 heavy (non-hydrogen) atoms. The summed E-state index contributed by atoms with van der Waals surface area (Å²) in [6, 6.07) is 0.727. The molecule has 2 aromatic heterocycles. The molecule has 6 nitrogen and oxygen atoms in total. The molecule has 6 heteroatoms. The number of nitrogens with one attached hydrogen (secondary N) is 1. The predicted octanol–water partition coefficient (Wildman–Crippen LogP) is 2.60. The molecule has 1 fully saturated rings. The van der Waals surface area contributed by atoms with Crippen molar-refractivity contribution >= 4 is 16.9 Å². The first-order chi connectivity index (χ1) is 10.3. The molecule has 0 bridgehead atoms. The van der Waals surface area contributed by atoms with Gasteiger partial charge in [0.05, 0.1) is 5.69 Å². The van der Waals surface area contributed by atoms with E-state index in [0.717, 1.165) is 42.5 Å². The van der Waals surface area contributed by atoms with Crippen LogP contribution in [0.4, 0.5) is 5.82 Å². The quantitative estimate of drug-likeness (QED) is 0.853. The number of hydrogen-bond donors (Lipinski definition) is 1. The maximum absolute atomic E-state index is 5.16. The van der Waals surface area contributed by atoms with Crippen LogP contribution in [-0.2, 0) is 0 Å². The number of fused-ring (bicyclic) bond motifs is 1. The molecule has 2 aromatic rings. The van der Waals surface area contributed by atoms with Gasteiger partial charge in [0.25, 0.3) is 5.71 Å². The molecule has 3 rings (SSSR count). The lowest BCUT2D eigenvalue weighted by Gasteiger charge is -2.33. The minimum absolute atomic E-state index is 0.551. The molecule has 3 heterocycles. The van der Waals surface area contributed by atoms with Crippen LogP contribution in [-0.4, -0.2) is 45.7 Å². The summed E-state index contributed by atoms with van der Waals surface area (Å²) in [6.45, 7) is 7.53. The molecule has 114 valence electrons. The van der Waals surface area contributed by atoms with E-state index in [4.69, 9.17) is 4.52 Å². The summed E-state index contributed by atoms with van der Waals surface area (Å²) in [4.78, 5) is 11.0. The Kier molecular flexibility index (Phi) is 4.34. The Balaban J connectivity index is 1.54. The van der Waals surface area contributed by atoms with Crippen LogP contribution in [0.5, 0.6) is 0 Å². The number of likely N-dealkylation sites (tertiary alicyclic amines) is 1. The third kappa shape index (κ3) is 3.15. The van der Waals surface area contributed by atoms with Crippen molar-refractivity contribution in [2.75, 3.05) is 25.0 Å². The summed E-state index contributed by atoms with van der Waals surface area (Å²) < 4.78 is 5.16. The second-order valence-corrected chi connectivity index (χ2v) is 5.83. The molecule has 1 atom stereocenters. The van der Waals surface area contributed by atoms with Gasteiger partial charge in [0.15, 0.2) is 0 Å². The van der Waals surface area contributed by atoms with E-state index in [1.54, 1.807) is 0 Å². The molecular weight excluding hydrogens is 266 g/mol. The minimum atomic E-state index is 0.551. The van der Waals surface area contributed by atoms with Crippen molar-refractivity contribution in [3.63, 3.8) is 0 Å². The van der Waals surface area contributed by atoms with E-state index in [-0.39, 0.29) is 0 Å². The normalized spacial score (nSPS) is 20.0. The maximum atomic E-state index is 5.16. The lowest BCUT2D eigenvalue weighted by atomic mass is 10.0. The number of aryl methyl sites for hydroxylation is 1. The maximum Gasteiger partial charge on any atom is 0.263 e. The van der Waals surface area contributed by atoms with Crippen molar-refractivity contribution in [2.24, 2.45) is 0 Å². The van der Waals surface area contributed by atoms with Crippen LogP contribution in [0.2, 0.25) is 0 Å². The summed E-state index contributed by atoms with van der Waals surface area (Å²) in [5.41, 5.74) is 1.38. The number of anilines is 1. The van der Waals surface area contributed by atoms with Crippen molar-refractivity contribution < 1.29 is 4.52 Å². The largest absolute Gasteiger partial charge is 0.369 e. The fourth-order valence-corrected chi connectivity index (χ4v) is 3.03. The van der Waals surface area contributed by atoms with Crippen molar-refractivity contribution in [3.05, 3.63) is 12.0 Å². The van der Waals surface area contributed by atoms with Gasteiger partial charge in [0.2, 0.25) is 0 Å². The van der Waals surface area contributed by atoms with Crippen LogP contribution >= 0.6 is 0 Å². The number of hydrogen-bond acceptors (Lipinski definition) is 6. The van der Waals surface area contributed by atoms with Crippen LogP contribution in [0.25, 0.3) is 11.1 Å². The zero-order chi connectivity index (χ0) is 14.7. The number of piperidine rings is 1. The highest BCUT2D eigenvalue weighted by Crippen LogP contribution is 2.22. The zero-order valence-corrected chi connectivity index (χ0v) is 12.8. The van der Waals surface area contributed by atoms with Gasteiger partial charge in [-0.25, -0.2) is 4.98 Å². The van der Waals surface area contributed by atoms with E-state index in [0.29, 0.717) is 5.71 Å². The monoisotopic (exact) mass is 289 g/mol. The third-order valence-corrected chi connectivity index (χ3v) is 4.30. The van der Waals surface area contributed by atoms with Gasteiger partial charge in [-0.1, -0.05) is 11.6 Å². The molecule has 1 aliphatic rings. The fraction of sp³-hybridized carbons (Fsp3) is 0.667. The summed E-state index contributed by atoms with van der Waals surface area (Å²) in [7, 11) is 0. The molecule has 0 spiro atoms. The molecule has 1 saturated heterocycles. The molecule has 1 N–H and O–H groups in total. The SMILES string of the molecule is Cc1noc2ncnc(NCCCN3CCCCC3C)c12. The van der Waals surface area contributed by atoms with Crippen LogP contribution in [0.3, 0.4) is 0 Å². The summed E-state index contributed by atoms with van der Waals surface area (Å²) in [5.74, 6) is 0.824. The first-order valence-corrected chi connectivity index (χ1v) is 7.80. The summed E-state index contributed by atoms with van der Waals surface area (Å²) in [5, 5.41) is 8.23. The van der Waals surface area contributed by atoms with E-state index in [9.17, 15) is 0 Å². The number of aromatic nitrogens is 3. The molecule has 1 unspecified atom stereocenters. The van der Waals surface area contributed by atoms with E-state index < -0.39 is 0 Å². The highest BCUT2D eigenvalue weighted by molar-refractivity contribution is 5.87. The Labute approximate surface area is 124 Å². The van der Waals surface area contributed by atoms with E-state index in [1.807, 2.05) is 6.92 Å². The molecule has 0 aromatic carbocycles. The topological polar surface area (TPSA) is 67.1 Å². The second kappa shape index (κ2) is 6.39. The first kappa shape index (κ1) is 14.3. The highest BCUT2D eigenvalue weighted by Gasteiger charge is 2.17. The van der Waals surface area contributed by atoms with Gasteiger partial charge in [0.1, 0.15) is 17.5 Å². The van der Waals surface area contributed by atoms with Crippen LogP contribution in [0.15, 0.2) is 10.9 Å². The van der Waals surface area contributed by atoms with Gasteiger partial charge in [-0.05, 0) is 39.7 Å². The number of nitrogens with zero attached hydrogens (tertiary/aromatic N) is 4. The smallest absolute Gasteiger partial charge is 0.263 e. The molecule has 0 saturated carbocycles. The zero-order valence-electron chi connectivity index (χ0n) is 12.8.